The third-order valence-corrected chi connectivity index (χ3v) is 3.27. The molecule has 1 heterocycles. The Kier molecular flexibility index (Phi) is 3.73. The molecule has 0 aliphatic heterocycles. The Morgan fingerprint density at radius 3 is 2.76 bits per heavy atom. The van der Waals surface area contributed by atoms with Crippen molar-refractivity contribution in [1.82, 2.24) is 10.3 Å². The zero-order valence-corrected chi connectivity index (χ0v) is 11.8. The van der Waals surface area contributed by atoms with Gasteiger partial charge in [0.05, 0.1) is 19.0 Å². The number of hydrogen-bond donors (Lipinski definition) is 2. The van der Waals surface area contributed by atoms with E-state index in [-0.39, 0.29) is 5.91 Å². The summed E-state index contributed by atoms with van der Waals surface area (Å²) in [5, 5.41) is 6.14. The molecular weight excluding hydrogens is 266 g/mol. The molecule has 0 radical (unpaired) electrons. The molecule has 1 fully saturated rings. The number of carbonyl (C=O) groups excluding carboxylic acids is 1. The number of aromatic nitrogens is 1. The van der Waals surface area contributed by atoms with Gasteiger partial charge in [0.25, 0.3) is 5.91 Å². The van der Waals surface area contributed by atoms with E-state index in [1.54, 1.807) is 19.4 Å². The van der Waals surface area contributed by atoms with Crippen LogP contribution in [-0.4, -0.2) is 24.0 Å². The number of hydrogen-bond acceptors (Lipinski definition) is 4. The van der Waals surface area contributed by atoms with E-state index in [1.165, 1.54) is 0 Å². The van der Waals surface area contributed by atoms with Crippen LogP contribution >= 0.6 is 0 Å². The Bertz CT molecular complexity index is 636. The number of methoxy groups -OCH3 is 1. The summed E-state index contributed by atoms with van der Waals surface area (Å²) in [5.41, 5.74) is 2.18. The molecule has 1 aromatic carbocycles. The summed E-state index contributed by atoms with van der Waals surface area (Å²) in [6, 6.07) is 11.5. The predicted octanol–water partition coefficient (Wildman–Crippen LogP) is 2.73. The summed E-state index contributed by atoms with van der Waals surface area (Å²) in [4.78, 5) is 16.0. The van der Waals surface area contributed by atoms with Gasteiger partial charge in [0.15, 0.2) is 0 Å². The summed E-state index contributed by atoms with van der Waals surface area (Å²) in [6.07, 6.45) is 3.80. The van der Waals surface area contributed by atoms with Crippen LogP contribution in [0.4, 0.5) is 11.4 Å². The van der Waals surface area contributed by atoms with Crippen LogP contribution < -0.4 is 15.4 Å². The summed E-state index contributed by atoms with van der Waals surface area (Å²) in [5.74, 6) is 0.679. The molecule has 0 bridgehead atoms. The van der Waals surface area contributed by atoms with Crippen molar-refractivity contribution in [2.24, 2.45) is 0 Å². The Labute approximate surface area is 123 Å². The third kappa shape index (κ3) is 3.51. The Morgan fingerprint density at radius 1 is 1.24 bits per heavy atom. The van der Waals surface area contributed by atoms with Crippen molar-refractivity contribution in [1.29, 1.82) is 0 Å². The lowest BCUT2D eigenvalue weighted by molar-refractivity contribution is 0.0946. The second-order valence-electron chi connectivity index (χ2n) is 5.04. The lowest BCUT2D eigenvalue weighted by Gasteiger charge is -2.08. The van der Waals surface area contributed by atoms with Gasteiger partial charge in [-0.3, -0.25) is 4.79 Å². The fourth-order valence-electron chi connectivity index (χ4n) is 1.96. The minimum Gasteiger partial charge on any atom is -0.497 e. The van der Waals surface area contributed by atoms with Gasteiger partial charge in [0, 0.05) is 17.8 Å². The number of pyridine rings is 1. The lowest BCUT2D eigenvalue weighted by atomic mass is 10.2. The fraction of sp³-hybridized carbons (Fsp3) is 0.250. The van der Waals surface area contributed by atoms with Gasteiger partial charge in [-0.25, -0.2) is 4.98 Å². The van der Waals surface area contributed by atoms with Gasteiger partial charge >= 0.3 is 0 Å². The molecule has 1 amide bonds. The molecule has 0 unspecified atom stereocenters. The second kappa shape index (κ2) is 5.83. The van der Waals surface area contributed by atoms with Crippen LogP contribution in [0.15, 0.2) is 42.6 Å². The highest BCUT2D eigenvalue weighted by Crippen LogP contribution is 2.21. The number of benzene rings is 1. The highest BCUT2D eigenvalue weighted by Gasteiger charge is 2.24. The Balaban J connectivity index is 1.67. The smallest absolute Gasteiger partial charge is 0.270 e. The monoisotopic (exact) mass is 283 g/mol. The van der Waals surface area contributed by atoms with E-state index in [9.17, 15) is 4.79 Å². The quantitative estimate of drug-likeness (QED) is 0.885. The molecular formula is C16H17N3O2. The molecule has 1 saturated carbocycles. The van der Waals surface area contributed by atoms with Gasteiger partial charge < -0.3 is 15.4 Å². The van der Waals surface area contributed by atoms with E-state index >= 15 is 0 Å². The van der Waals surface area contributed by atoms with Gasteiger partial charge in [-0.15, -0.1) is 0 Å². The molecule has 5 nitrogen and oxygen atoms in total. The molecule has 2 aromatic rings. The maximum absolute atomic E-state index is 11.8. The minimum atomic E-state index is -0.106. The van der Waals surface area contributed by atoms with Crippen molar-refractivity contribution in [3.63, 3.8) is 0 Å². The highest BCUT2D eigenvalue weighted by molar-refractivity contribution is 5.92. The fourth-order valence-corrected chi connectivity index (χ4v) is 1.96. The maximum atomic E-state index is 11.8. The molecule has 1 aliphatic rings. The molecule has 1 aliphatic carbocycles. The van der Waals surface area contributed by atoms with E-state index in [2.05, 4.69) is 15.6 Å². The van der Waals surface area contributed by atoms with Gasteiger partial charge in [-0.2, -0.15) is 0 Å². The highest BCUT2D eigenvalue weighted by atomic mass is 16.5. The first-order chi connectivity index (χ1) is 10.2. The standard InChI is InChI=1S/C16H17N3O2/c1-21-14-4-2-3-12(9-14)18-13-7-8-15(17-10-13)16(20)19-11-5-6-11/h2-4,7-11,18H,5-6H2,1H3,(H,19,20). The van der Waals surface area contributed by atoms with Crippen LogP contribution in [0, 0.1) is 0 Å². The van der Waals surface area contributed by atoms with E-state index in [0.717, 1.165) is 30.0 Å². The van der Waals surface area contributed by atoms with Crippen molar-refractivity contribution in [2.75, 3.05) is 12.4 Å². The summed E-state index contributed by atoms with van der Waals surface area (Å²) >= 11 is 0. The van der Waals surface area contributed by atoms with Crippen molar-refractivity contribution in [3.05, 3.63) is 48.3 Å². The average molecular weight is 283 g/mol. The van der Waals surface area contributed by atoms with Gasteiger partial charge in [0.1, 0.15) is 11.4 Å². The average Bonchev–Trinajstić information content (AvgIpc) is 3.32. The summed E-state index contributed by atoms with van der Waals surface area (Å²) in [6.45, 7) is 0. The number of amides is 1. The molecule has 21 heavy (non-hydrogen) atoms. The number of anilines is 2. The van der Waals surface area contributed by atoms with Crippen LogP contribution in [0.1, 0.15) is 23.3 Å². The normalized spacial score (nSPS) is 13.6. The molecule has 1 aromatic heterocycles. The van der Waals surface area contributed by atoms with E-state index < -0.39 is 0 Å². The van der Waals surface area contributed by atoms with E-state index in [1.807, 2.05) is 30.3 Å². The lowest BCUT2D eigenvalue weighted by Crippen LogP contribution is -2.26. The van der Waals surface area contributed by atoms with E-state index in [4.69, 9.17) is 4.74 Å². The van der Waals surface area contributed by atoms with Gasteiger partial charge in [-0.1, -0.05) is 6.07 Å². The zero-order valence-electron chi connectivity index (χ0n) is 11.8. The van der Waals surface area contributed by atoms with Crippen molar-refractivity contribution >= 4 is 17.3 Å². The number of rotatable bonds is 5. The molecule has 0 spiro atoms. The predicted molar refractivity (Wildman–Crippen MR) is 81.0 cm³/mol. The maximum Gasteiger partial charge on any atom is 0.270 e. The second-order valence-corrected chi connectivity index (χ2v) is 5.04. The van der Waals surface area contributed by atoms with Crippen LogP contribution in [-0.2, 0) is 0 Å². The van der Waals surface area contributed by atoms with Crippen molar-refractivity contribution in [3.8, 4) is 5.75 Å². The third-order valence-electron chi connectivity index (χ3n) is 3.27. The van der Waals surface area contributed by atoms with Crippen molar-refractivity contribution < 1.29 is 9.53 Å². The number of nitrogens with one attached hydrogen (secondary N) is 2. The molecule has 3 rings (SSSR count). The molecule has 108 valence electrons. The number of nitrogens with zero attached hydrogens (tertiary/aromatic N) is 1. The summed E-state index contributed by atoms with van der Waals surface area (Å²) < 4.78 is 5.18. The topological polar surface area (TPSA) is 63.2 Å². The van der Waals surface area contributed by atoms with Gasteiger partial charge in [0.2, 0.25) is 0 Å². The van der Waals surface area contributed by atoms with Crippen LogP contribution in [0.3, 0.4) is 0 Å². The first kappa shape index (κ1) is 13.4. The largest absolute Gasteiger partial charge is 0.497 e. The van der Waals surface area contributed by atoms with Crippen LogP contribution in [0.5, 0.6) is 5.75 Å². The first-order valence-corrected chi connectivity index (χ1v) is 6.92. The molecule has 2 N–H and O–H groups in total. The van der Waals surface area contributed by atoms with Crippen molar-refractivity contribution in [2.45, 2.75) is 18.9 Å². The first-order valence-electron chi connectivity index (χ1n) is 6.92. The number of ether oxygens (including phenoxy) is 1. The SMILES string of the molecule is COc1cccc(Nc2ccc(C(=O)NC3CC3)nc2)c1. The Hall–Kier alpha value is -2.56. The van der Waals surface area contributed by atoms with Gasteiger partial charge in [-0.05, 0) is 37.1 Å². The molecule has 5 heteroatoms. The molecule has 0 saturated heterocycles. The summed E-state index contributed by atoms with van der Waals surface area (Å²) in [7, 11) is 1.63. The Morgan fingerprint density at radius 2 is 2.10 bits per heavy atom. The number of carbonyl (C=O) groups is 1. The zero-order chi connectivity index (χ0) is 14.7. The van der Waals surface area contributed by atoms with E-state index in [0.29, 0.717) is 11.7 Å². The molecule has 0 atom stereocenters. The minimum absolute atomic E-state index is 0.106. The van der Waals surface area contributed by atoms with Crippen LogP contribution in [0.2, 0.25) is 0 Å². The van der Waals surface area contributed by atoms with Crippen LogP contribution in [0.25, 0.3) is 0 Å².